The number of aliphatic imine (C=N–C) groups is 1. The highest BCUT2D eigenvalue weighted by molar-refractivity contribution is 7.87. The molecule has 102 heavy (non-hydrogen) atoms. The van der Waals surface area contributed by atoms with Crippen LogP contribution in [-0.4, -0.2) is 70.8 Å². The van der Waals surface area contributed by atoms with Crippen molar-refractivity contribution in [2.75, 3.05) is 13.2 Å². The molecule has 14 nitrogen and oxygen atoms in total. The summed E-state index contributed by atoms with van der Waals surface area (Å²) in [6.07, 6.45) is 9.08. The Bertz CT molecular complexity index is 4700. The fourth-order valence-corrected chi connectivity index (χ4v) is 18.9. The second kappa shape index (κ2) is 26.7. The van der Waals surface area contributed by atoms with Crippen LogP contribution in [0.1, 0.15) is 226 Å². The van der Waals surface area contributed by atoms with E-state index in [9.17, 15) is 0 Å². The predicted octanol–water partition coefficient (Wildman–Crippen LogP) is 20.7. The van der Waals surface area contributed by atoms with Crippen molar-refractivity contribution in [3.8, 4) is 11.5 Å². The second-order valence-electron chi connectivity index (χ2n) is 33.7. The molecule has 7 aromatic carbocycles. The van der Waals surface area contributed by atoms with Crippen molar-refractivity contribution in [2.24, 2.45) is 19.7 Å². The standard InChI is InChI=1S/C49H54N4O3P.C38H54N7/c1-32-26-37-42(40(27-32)51-57(34-20-14-11-15-21-34,35-22-16-12-17-23-35)36-24-18-13-19-25-36)56-41-38(49(37,9)10)28-33(46(2,3)4)29-39(41)50-45-52-43(54-30-47(52,5)6)44-53(45)48(7,8)31-55-44;1-14-29-30-19-27(10)20-32(39-36-42(23(2)3)15-16-43(36)24(4)5)34(30)41-35-31(29)21-28(38(11,12)13)22-33(35)40-37-44(25(6)7)17-18-45(37)26(8)9/h11-24,26-29,43-44H,30-31H2,1-10H3;15-26,29H,14H2,1-13H3/q2*-1. The number of fused-ring (bicyclic) bond motifs is 7. The number of benzene rings is 7. The Kier molecular flexibility index (Phi) is 18.8. The molecule has 2 aromatic heterocycles. The van der Waals surface area contributed by atoms with E-state index in [2.05, 4.69) is 339 Å². The molecule has 0 bridgehead atoms. The summed E-state index contributed by atoms with van der Waals surface area (Å²) in [5.41, 5.74) is 15.7. The molecular weight excluding hydrogens is 1280 g/mol. The molecular formula is C87H108N11O3P-2. The van der Waals surface area contributed by atoms with Crippen molar-refractivity contribution in [1.29, 1.82) is 0 Å². The van der Waals surface area contributed by atoms with Crippen LogP contribution in [0.25, 0.3) is 5.32 Å². The summed E-state index contributed by atoms with van der Waals surface area (Å²) in [7, 11) is -2.67. The van der Waals surface area contributed by atoms with Crippen LogP contribution < -0.4 is 31.9 Å². The fraction of sp³-hybridized carbons (Fsp3) is 0.437. The van der Waals surface area contributed by atoms with Gasteiger partial charge in [-0.2, -0.15) is 30.3 Å². The third-order valence-electron chi connectivity index (χ3n) is 21.2. The second-order valence-corrected chi connectivity index (χ2v) is 36.7. The number of aryl methyl sites for hydroxylation is 2. The molecule has 7 heterocycles. The first kappa shape index (κ1) is 72.0. The van der Waals surface area contributed by atoms with Crippen LogP contribution in [0.5, 0.6) is 11.5 Å². The maximum atomic E-state index is 7.40. The van der Waals surface area contributed by atoms with Gasteiger partial charge in [-0.3, -0.25) is 4.74 Å². The number of nitrogens with zero attached hydrogens (tertiary/aromatic N) is 11. The maximum Gasteiger partial charge on any atom is 0.210 e. The van der Waals surface area contributed by atoms with Gasteiger partial charge in [0.2, 0.25) is 17.2 Å². The molecule has 0 saturated carbocycles. The highest BCUT2D eigenvalue weighted by Crippen LogP contribution is 2.61. The van der Waals surface area contributed by atoms with Crippen molar-refractivity contribution in [3.05, 3.63) is 225 Å². The summed E-state index contributed by atoms with van der Waals surface area (Å²) in [6, 6.07) is 52.8. The lowest BCUT2D eigenvalue weighted by Crippen LogP contribution is -2.51. The van der Waals surface area contributed by atoms with Gasteiger partial charge in [0.15, 0.2) is 24.0 Å². The monoisotopic (exact) mass is 1390 g/mol. The Morgan fingerprint density at radius 1 is 0.520 bits per heavy atom. The lowest BCUT2D eigenvalue weighted by atomic mass is 9.73. The summed E-state index contributed by atoms with van der Waals surface area (Å²) in [6.45, 7) is 52.7. The first-order chi connectivity index (χ1) is 48.1. The van der Waals surface area contributed by atoms with Gasteiger partial charge in [-0.05, 0) is 171 Å². The quantitative estimate of drug-likeness (QED) is 0.0892. The molecule has 5 aliphatic rings. The number of imidazole rings is 2. The van der Waals surface area contributed by atoms with Gasteiger partial charge in [0, 0.05) is 78.5 Å². The van der Waals surface area contributed by atoms with Crippen LogP contribution in [0.4, 0.5) is 34.1 Å². The molecule has 536 valence electrons. The molecule has 3 saturated heterocycles. The van der Waals surface area contributed by atoms with Crippen molar-refractivity contribution >= 4 is 63.1 Å². The van der Waals surface area contributed by atoms with Gasteiger partial charge < -0.3 is 47.6 Å². The normalized spacial score (nSPS) is 18.4. The Morgan fingerprint density at radius 2 is 0.951 bits per heavy atom. The highest BCUT2D eigenvalue weighted by Gasteiger charge is 2.62. The van der Waals surface area contributed by atoms with Gasteiger partial charge in [0.25, 0.3) is 0 Å². The predicted molar refractivity (Wildman–Crippen MR) is 421 cm³/mol. The number of hydrogen-bond donors (Lipinski definition) is 0. The summed E-state index contributed by atoms with van der Waals surface area (Å²) in [5.74, 6) is 2.59. The maximum absolute atomic E-state index is 7.40. The number of guanidine groups is 1. The van der Waals surface area contributed by atoms with E-state index in [1.807, 2.05) is 12.1 Å². The minimum atomic E-state index is -2.67. The Labute approximate surface area is 607 Å². The minimum Gasteiger partial charge on any atom is -0.654 e. The Balaban J connectivity index is 0.000000188. The average molecular weight is 1390 g/mol. The lowest BCUT2D eigenvalue weighted by Gasteiger charge is -2.42. The smallest absolute Gasteiger partial charge is 0.210 e. The van der Waals surface area contributed by atoms with Gasteiger partial charge in [-0.25, -0.2) is 15.0 Å². The Morgan fingerprint density at radius 3 is 1.42 bits per heavy atom. The highest BCUT2D eigenvalue weighted by atomic mass is 31.2. The van der Waals surface area contributed by atoms with Crippen LogP contribution in [0.15, 0.2) is 178 Å². The van der Waals surface area contributed by atoms with Crippen LogP contribution in [0, 0.1) is 19.9 Å². The number of aromatic nitrogens is 4. The molecule has 3 atom stereocenters. The van der Waals surface area contributed by atoms with E-state index in [1.165, 1.54) is 27.8 Å². The average Bonchev–Trinajstić information content (AvgIpc) is 1.56. The van der Waals surface area contributed by atoms with Crippen molar-refractivity contribution in [2.45, 2.75) is 236 Å². The zero-order chi connectivity index (χ0) is 73.1. The molecule has 0 amide bonds. The number of hydrogen-bond acceptors (Lipinski definition) is 7. The zero-order valence-electron chi connectivity index (χ0n) is 64.8. The van der Waals surface area contributed by atoms with E-state index >= 15 is 0 Å². The first-order valence-electron chi connectivity index (χ1n) is 37.0. The summed E-state index contributed by atoms with van der Waals surface area (Å²) in [5, 5.41) is 8.88. The van der Waals surface area contributed by atoms with Gasteiger partial charge in [0.05, 0.1) is 35.7 Å². The molecule has 3 fully saturated rings. The zero-order valence-corrected chi connectivity index (χ0v) is 65.7. The van der Waals surface area contributed by atoms with E-state index in [-0.39, 0.29) is 64.4 Å². The van der Waals surface area contributed by atoms with Crippen LogP contribution in [0.2, 0.25) is 0 Å². The minimum absolute atomic E-state index is 0.0360. The third-order valence-corrected chi connectivity index (χ3v) is 24.8. The third kappa shape index (κ3) is 12.8. The van der Waals surface area contributed by atoms with Crippen molar-refractivity contribution in [1.82, 2.24) is 28.1 Å². The fourth-order valence-electron chi connectivity index (χ4n) is 15.5. The van der Waals surface area contributed by atoms with Crippen LogP contribution >= 0.6 is 7.05 Å². The Hall–Kier alpha value is -8.42. The van der Waals surface area contributed by atoms with Gasteiger partial charge in [0.1, 0.15) is 11.4 Å². The van der Waals surface area contributed by atoms with E-state index in [0.717, 1.165) is 102 Å². The molecule has 0 radical (unpaired) electrons. The van der Waals surface area contributed by atoms with E-state index in [4.69, 9.17) is 39.2 Å². The van der Waals surface area contributed by atoms with Gasteiger partial charge in [-0.1, -0.05) is 158 Å². The molecule has 5 aliphatic heterocycles. The van der Waals surface area contributed by atoms with Crippen molar-refractivity contribution < 1.29 is 14.2 Å². The molecule has 9 aromatic rings. The SMILES string of the molecule is CCC1c2cc(C)cc(N=c3n(C(C)C)ccn3C(C)C)c2[N-]c2c(N=c3n(C(C)C)ccn3C(C)C)cc(C(C)(C)C)cc21.Cc1cc(N=P(c2[c-]cccc2)(c2ccccc2)c2ccccc2)c2c(c1)C(C)(C)c1cc(C(C)(C)C)cc(N=C3N4C(OCC4(C)C)C4OCC(C)(C)N34)c1O2. The van der Waals surface area contributed by atoms with E-state index in [0.29, 0.717) is 13.2 Å². The molecule has 0 N–H and O–H groups in total. The summed E-state index contributed by atoms with van der Waals surface area (Å²) >= 11 is 0. The van der Waals surface area contributed by atoms with Crippen LogP contribution in [-0.2, 0) is 25.7 Å². The summed E-state index contributed by atoms with van der Waals surface area (Å²) in [4.78, 5) is 21.2. The van der Waals surface area contributed by atoms with Gasteiger partial charge in [-0.15, -0.1) is 16.7 Å². The van der Waals surface area contributed by atoms with Gasteiger partial charge >= 0.3 is 0 Å². The number of ether oxygens (including phenoxy) is 3. The topological polar surface area (TPSA) is 117 Å². The number of rotatable bonds is 12. The molecule has 0 spiro atoms. The molecule has 0 aliphatic carbocycles. The summed E-state index contributed by atoms with van der Waals surface area (Å²) < 4.78 is 35.3. The first-order valence-corrected chi connectivity index (χ1v) is 38.7. The largest absolute Gasteiger partial charge is 0.654 e. The lowest BCUT2D eigenvalue weighted by molar-refractivity contribution is -0.0619. The van der Waals surface area contributed by atoms with Crippen LogP contribution in [0.3, 0.4) is 0 Å². The molecule has 3 unspecified atom stereocenters. The van der Waals surface area contributed by atoms with E-state index < -0.39 is 12.5 Å². The van der Waals surface area contributed by atoms with E-state index in [1.54, 1.807) is 0 Å². The van der Waals surface area contributed by atoms with Crippen molar-refractivity contribution in [3.63, 3.8) is 0 Å². The molecule has 15 heteroatoms. The molecule has 14 rings (SSSR count).